The lowest BCUT2D eigenvalue weighted by Gasteiger charge is -2.33. The third-order valence-electron chi connectivity index (χ3n) is 4.58. The summed E-state index contributed by atoms with van der Waals surface area (Å²) >= 11 is 0. The minimum absolute atomic E-state index is 0.760. The van der Waals surface area contributed by atoms with Gasteiger partial charge in [0.25, 0.3) is 0 Å². The van der Waals surface area contributed by atoms with Gasteiger partial charge in [-0.05, 0) is 32.6 Å². The smallest absolute Gasteiger partial charge is 0.0222 e. The van der Waals surface area contributed by atoms with Crippen molar-refractivity contribution in [3.05, 3.63) is 0 Å². The molecule has 0 aliphatic rings. The first-order chi connectivity index (χ1) is 9.73. The van der Waals surface area contributed by atoms with E-state index in [9.17, 15) is 0 Å². The van der Waals surface area contributed by atoms with Crippen LogP contribution in [-0.4, -0.2) is 48.6 Å². The zero-order valence-electron chi connectivity index (χ0n) is 15.0. The summed E-state index contributed by atoms with van der Waals surface area (Å²) in [6.07, 6.45) is 9.85. The fourth-order valence-corrected chi connectivity index (χ4v) is 3.07. The summed E-state index contributed by atoms with van der Waals surface area (Å²) in [5.74, 6) is 0. The molecule has 0 aliphatic heterocycles. The molecule has 0 rings (SSSR count). The van der Waals surface area contributed by atoms with E-state index in [0.717, 1.165) is 6.04 Å². The Morgan fingerprint density at radius 1 is 0.650 bits per heavy atom. The minimum atomic E-state index is 0.760. The predicted octanol–water partition coefficient (Wildman–Crippen LogP) is 4.79. The van der Waals surface area contributed by atoms with Crippen LogP contribution in [0.3, 0.4) is 0 Å². The van der Waals surface area contributed by atoms with E-state index in [0.29, 0.717) is 0 Å². The number of hydrogen-bond acceptors (Lipinski definition) is 2. The van der Waals surface area contributed by atoms with Crippen LogP contribution in [0.25, 0.3) is 0 Å². The van der Waals surface area contributed by atoms with Crippen LogP contribution in [-0.2, 0) is 0 Å². The van der Waals surface area contributed by atoms with E-state index in [4.69, 9.17) is 0 Å². The van der Waals surface area contributed by atoms with E-state index >= 15 is 0 Å². The van der Waals surface area contributed by atoms with Crippen molar-refractivity contribution in [2.24, 2.45) is 0 Å². The quantitative estimate of drug-likeness (QED) is 0.423. The summed E-state index contributed by atoms with van der Waals surface area (Å²) in [4.78, 5) is 5.24. The van der Waals surface area contributed by atoms with Crippen molar-refractivity contribution < 1.29 is 0 Å². The lowest BCUT2D eigenvalue weighted by atomic mass is 10.0. The Balaban J connectivity index is 4.10. The zero-order chi connectivity index (χ0) is 15.2. The van der Waals surface area contributed by atoms with Gasteiger partial charge in [-0.2, -0.15) is 0 Å². The Hall–Kier alpha value is -0.0800. The van der Waals surface area contributed by atoms with E-state index in [1.807, 2.05) is 0 Å². The van der Waals surface area contributed by atoms with Gasteiger partial charge < -0.3 is 4.90 Å². The van der Waals surface area contributed by atoms with Crippen LogP contribution >= 0.6 is 0 Å². The molecule has 20 heavy (non-hydrogen) atoms. The van der Waals surface area contributed by atoms with Gasteiger partial charge in [-0.25, -0.2) is 0 Å². The first-order valence-electron chi connectivity index (χ1n) is 9.19. The van der Waals surface area contributed by atoms with Gasteiger partial charge in [0.15, 0.2) is 0 Å². The molecule has 0 saturated carbocycles. The van der Waals surface area contributed by atoms with Crippen LogP contribution in [0.15, 0.2) is 0 Å². The Kier molecular flexibility index (Phi) is 13.8. The van der Waals surface area contributed by atoms with Crippen molar-refractivity contribution in [2.45, 2.75) is 85.6 Å². The maximum Gasteiger partial charge on any atom is 0.0222 e. The molecule has 2 heteroatoms. The highest BCUT2D eigenvalue weighted by Gasteiger charge is 2.17. The SMILES string of the molecule is CCCCCCCCC(CN(CC)CC)N(CC)CC. The molecule has 0 spiro atoms. The summed E-state index contributed by atoms with van der Waals surface area (Å²) in [6, 6.07) is 0.760. The van der Waals surface area contributed by atoms with E-state index in [1.54, 1.807) is 0 Å². The molecule has 0 fully saturated rings. The molecule has 1 atom stereocenters. The van der Waals surface area contributed by atoms with Gasteiger partial charge in [0.1, 0.15) is 0 Å². The molecule has 0 heterocycles. The molecule has 1 unspecified atom stereocenters. The first-order valence-corrected chi connectivity index (χ1v) is 9.19. The second-order valence-electron chi connectivity index (χ2n) is 5.92. The lowest BCUT2D eigenvalue weighted by molar-refractivity contribution is 0.145. The van der Waals surface area contributed by atoms with Crippen molar-refractivity contribution in [1.82, 2.24) is 9.80 Å². The van der Waals surface area contributed by atoms with E-state index < -0.39 is 0 Å². The third-order valence-corrected chi connectivity index (χ3v) is 4.58. The molecule has 0 aromatic carbocycles. The highest BCUT2D eigenvalue weighted by atomic mass is 15.2. The molecule has 0 bridgehead atoms. The van der Waals surface area contributed by atoms with Crippen molar-refractivity contribution >= 4 is 0 Å². The van der Waals surface area contributed by atoms with Gasteiger partial charge in [-0.3, -0.25) is 4.90 Å². The summed E-state index contributed by atoms with van der Waals surface area (Å²) in [5.41, 5.74) is 0. The van der Waals surface area contributed by atoms with Crippen LogP contribution in [0.5, 0.6) is 0 Å². The molecule has 122 valence electrons. The number of rotatable bonds is 14. The second-order valence-corrected chi connectivity index (χ2v) is 5.92. The lowest BCUT2D eigenvalue weighted by Crippen LogP contribution is -2.44. The Morgan fingerprint density at radius 2 is 1.20 bits per heavy atom. The maximum absolute atomic E-state index is 2.66. The minimum Gasteiger partial charge on any atom is -0.302 e. The fraction of sp³-hybridized carbons (Fsp3) is 1.00. The molecule has 0 amide bonds. The van der Waals surface area contributed by atoms with Gasteiger partial charge in [0.05, 0.1) is 0 Å². The number of hydrogen-bond donors (Lipinski definition) is 0. The number of nitrogens with zero attached hydrogens (tertiary/aromatic N) is 2. The van der Waals surface area contributed by atoms with Crippen LogP contribution in [0.4, 0.5) is 0 Å². The molecule has 0 N–H and O–H groups in total. The monoisotopic (exact) mass is 284 g/mol. The molecule has 0 radical (unpaired) electrons. The topological polar surface area (TPSA) is 6.48 Å². The molecule has 0 aliphatic carbocycles. The third kappa shape index (κ3) is 8.97. The molecular weight excluding hydrogens is 244 g/mol. The molecule has 0 aromatic rings. The highest BCUT2D eigenvalue weighted by molar-refractivity contribution is 4.74. The standard InChI is InChI=1S/C18H40N2/c1-6-11-12-13-14-15-16-18(20(9-4)10-5)17-19(7-2)8-3/h18H,6-17H2,1-5H3. The Bertz CT molecular complexity index is 186. The largest absolute Gasteiger partial charge is 0.302 e. The molecular formula is C18H40N2. The van der Waals surface area contributed by atoms with Gasteiger partial charge in [-0.15, -0.1) is 0 Å². The van der Waals surface area contributed by atoms with Crippen LogP contribution in [0, 0.1) is 0 Å². The summed E-state index contributed by atoms with van der Waals surface area (Å²) in [6.45, 7) is 17.5. The van der Waals surface area contributed by atoms with E-state index in [2.05, 4.69) is 44.4 Å². The number of likely N-dealkylation sites (N-methyl/N-ethyl adjacent to an activating group) is 2. The fourth-order valence-electron chi connectivity index (χ4n) is 3.07. The zero-order valence-corrected chi connectivity index (χ0v) is 15.0. The van der Waals surface area contributed by atoms with Gasteiger partial charge in [0.2, 0.25) is 0 Å². The Morgan fingerprint density at radius 3 is 1.70 bits per heavy atom. The first kappa shape index (κ1) is 19.9. The van der Waals surface area contributed by atoms with E-state index in [1.165, 1.54) is 77.7 Å². The predicted molar refractivity (Wildman–Crippen MR) is 92.5 cm³/mol. The second kappa shape index (κ2) is 13.9. The maximum atomic E-state index is 2.66. The summed E-state index contributed by atoms with van der Waals surface area (Å²) in [5, 5.41) is 0. The molecule has 0 aromatic heterocycles. The van der Waals surface area contributed by atoms with Crippen molar-refractivity contribution in [2.75, 3.05) is 32.7 Å². The molecule has 2 nitrogen and oxygen atoms in total. The van der Waals surface area contributed by atoms with Crippen LogP contribution in [0.2, 0.25) is 0 Å². The number of unbranched alkanes of at least 4 members (excludes halogenated alkanes) is 5. The van der Waals surface area contributed by atoms with Crippen molar-refractivity contribution in [3.63, 3.8) is 0 Å². The average Bonchev–Trinajstić information content (AvgIpc) is 2.48. The van der Waals surface area contributed by atoms with Gasteiger partial charge >= 0.3 is 0 Å². The van der Waals surface area contributed by atoms with Gasteiger partial charge in [0, 0.05) is 12.6 Å². The van der Waals surface area contributed by atoms with E-state index in [-0.39, 0.29) is 0 Å². The summed E-state index contributed by atoms with van der Waals surface area (Å²) in [7, 11) is 0. The van der Waals surface area contributed by atoms with Crippen LogP contribution < -0.4 is 0 Å². The average molecular weight is 285 g/mol. The normalized spacial score (nSPS) is 13.3. The Labute approximate surface area is 128 Å². The van der Waals surface area contributed by atoms with Crippen LogP contribution in [0.1, 0.15) is 79.6 Å². The van der Waals surface area contributed by atoms with Crippen molar-refractivity contribution in [1.29, 1.82) is 0 Å². The van der Waals surface area contributed by atoms with Gasteiger partial charge in [-0.1, -0.05) is 73.1 Å². The van der Waals surface area contributed by atoms with Crippen molar-refractivity contribution in [3.8, 4) is 0 Å². The summed E-state index contributed by atoms with van der Waals surface area (Å²) < 4.78 is 0. The highest BCUT2D eigenvalue weighted by Crippen LogP contribution is 2.13. The molecule has 0 saturated heterocycles.